The lowest BCUT2D eigenvalue weighted by atomic mass is 10.2. The molecule has 0 aliphatic rings. The second-order valence-corrected chi connectivity index (χ2v) is 4.51. The second kappa shape index (κ2) is 5.63. The van der Waals surface area contributed by atoms with Gasteiger partial charge in [-0.1, -0.05) is 6.08 Å². The number of nitrogens with two attached hydrogens (primary N) is 1. The fourth-order valence-electron chi connectivity index (χ4n) is 1.08. The normalized spacial score (nSPS) is 12.1. The van der Waals surface area contributed by atoms with E-state index in [1.54, 1.807) is 23.6 Å². The third-order valence-electron chi connectivity index (χ3n) is 1.86. The molecule has 1 aromatic rings. The van der Waals surface area contributed by atoms with E-state index in [4.69, 9.17) is 5.73 Å². The van der Waals surface area contributed by atoms with Crippen LogP contribution in [0, 0.1) is 6.92 Å². The summed E-state index contributed by atoms with van der Waals surface area (Å²) in [5.74, 6) is -0.152. The molecule has 0 bridgehead atoms. The molecular formula is C10H15N3OS. The van der Waals surface area contributed by atoms with Crippen molar-refractivity contribution in [2.24, 2.45) is 5.73 Å². The molecule has 0 fully saturated rings. The summed E-state index contributed by atoms with van der Waals surface area (Å²) >= 11 is 1.57. The third-order valence-corrected chi connectivity index (χ3v) is 2.78. The minimum atomic E-state index is -0.503. The number of carbonyl (C=O) groups excluding carboxylic acids is 1. The average molecular weight is 225 g/mol. The highest BCUT2D eigenvalue weighted by Gasteiger charge is 2.11. The molecule has 0 saturated heterocycles. The van der Waals surface area contributed by atoms with E-state index in [9.17, 15) is 4.79 Å². The number of aromatic nitrogens is 1. The van der Waals surface area contributed by atoms with E-state index in [1.807, 2.05) is 6.92 Å². The predicted molar refractivity (Wildman–Crippen MR) is 61.5 cm³/mol. The van der Waals surface area contributed by atoms with Crippen LogP contribution in [-0.4, -0.2) is 16.9 Å². The standard InChI is InChI=1S/C10H15N3OS/c1-3-4-9(11)10(14)13-6-8-5-12-7(2)15-8/h3,5,9H,1,4,6,11H2,2H3,(H,13,14). The van der Waals surface area contributed by atoms with Gasteiger partial charge in [-0.3, -0.25) is 4.79 Å². The van der Waals surface area contributed by atoms with Gasteiger partial charge in [0.05, 0.1) is 17.6 Å². The van der Waals surface area contributed by atoms with Crippen LogP contribution in [0.3, 0.4) is 0 Å². The van der Waals surface area contributed by atoms with E-state index < -0.39 is 6.04 Å². The first-order valence-electron chi connectivity index (χ1n) is 4.69. The van der Waals surface area contributed by atoms with Gasteiger partial charge in [0.15, 0.2) is 0 Å². The van der Waals surface area contributed by atoms with Gasteiger partial charge in [-0.2, -0.15) is 0 Å². The molecular weight excluding hydrogens is 210 g/mol. The van der Waals surface area contributed by atoms with Crippen LogP contribution in [0.25, 0.3) is 0 Å². The fraction of sp³-hybridized carbons (Fsp3) is 0.400. The van der Waals surface area contributed by atoms with Crippen molar-refractivity contribution in [3.05, 3.63) is 28.7 Å². The van der Waals surface area contributed by atoms with Gasteiger partial charge in [0.2, 0.25) is 5.91 Å². The molecule has 5 heteroatoms. The van der Waals surface area contributed by atoms with E-state index in [0.29, 0.717) is 13.0 Å². The molecule has 4 nitrogen and oxygen atoms in total. The molecule has 0 aliphatic heterocycles. The maximum absolute atomic E-state index is 11.4. The molecule has 0 radical (unpaired) electrons. The summed E-state index contributed by atoms with van der Waals surface area (Å²) in [4.78, 5) is 16.5. The molecule has 15 heavy (non-hydrogen) atoms. The Morgan fingerprint density at radius 2 is 2.60 bits per heavy atom. The number of hydrogen-bond acceptors (Lipinski definition) is 4. The number of thiazole rings is 1. The highest BCUT2D eigenvalue weighted by atomic mass is 32.1. The van der Waals surface area contributed by atoms with Crippen LogP contribution in [0.2, 0.25) is 0 Å². The number of nitrogens with one attached hydrogen (secondary N) is 1. The van der Waals surface area contributed by atoms with Crippen molar-refractivity contribution in [1.82, 2.24) is 10.3 Å². The number of nitrogens with zero attached hydrogens (tertiary/aromatic N) is 1. The van der Waals surface area contributed by atoms with Gasteiger partial charge >= 0.3 is 0 Å². The maximum atomic E-state index is 11.4. The van der Waals surface area contributed by atoms with Gasteiger partial charge in [-0.25, -0.2) is 4.98 Å². The first-order chi connectivity index (χ1) is 7.13. The van der Waals surface area contributed by atoms with Crippen LogP contribution >= 0.6 is 11.3 Å². The lowest BCUT2D eigenvalue weighted by Gasteiger charge is -2.08. The predicted octanol–water partition coefficient (Wildman–Crippen LogP) is 0.971. The van der Waals surface area contributed by atoms with Crippen LogP contribution in [-0.2, 0) is 11.3 Å². The van der Waals surface area contributed by atoms with Crippen molar-refractivity contribution in [3.63, 3.8) is 0 Å². The molecule has 1 heterocycles. The number of rotatable bonds is 5. The molecule has 1 atom stereocenters. The Morgan fingerprint density at radius 1 is 1.87 bits per heavy atom. The Bertz CT molecular complexity index is 348. The quantitative estimate of drug-likeness (QED) is 0.734. The summed E-state index contributed by atoms with van der Waals surface area (Å²) < 4.78 is 0. The summed E-state index contributed by atoms with van der Waals surface area (Å²) in [6.45, 7) is 5.96. The summed E-state index contributed by atoms with van der Waals surface area (Å²) in [6, 6.07) is -0.503. The molecule has 3 N–H and O–H groups in total. The fourth-order valence-corrected chi connectivity index (χ4v) is 1.81. The van der Waals surface area contributed by atoms with E-state index in [0.717, 1.165) is 9.88 Å². The number of hydrogen-bond donors (Lipinski definition) is 2. The molecule has 82 valence electrons. The molecule has 0 saturated carbocycles. The van der Waals surface area contributed by atoms with E-state index in [2.05, 4.69) is 16.9 Å². The number of carbonyl (C=O) groups is 1. The van der Waals surface area contributed by atoms with Crippen molar-refractivity contribution in [1.29, 1.82) is 0 Å². The topological polar surface area (TPSA) is 68.0 Å². The highest BCUT2D eigenvalue weighted by molar-refractivity contribution is 7.11. The Balaban J connectivity index is 2.37. The smallest absolute Gasteiger partial charge is 0.237 e. The van der Waals surface area contributed by atoms with Gasteiger partial charge in [-0.15, -0.1) is 17.9 Å². The van der Waals surface area contributed by atoms with Gasteiger partial charge in [0.1, 0.15) is 0 Å². The summed E-state index contributed by atoms with van der Waals surface area (Å²) in [6.07, 6.45) is 3.90. The maximum Gasteiger partial charge on any atom is 0.237 e. The SMILES string of the molecule is C=CCC(N)C(=O)NCc1cnc(C)s1. The molecule has 0 spiro atoms. The van der Waals surface area contributed by atoms with Crippen molar-refractivity contribution in [2.75, 3.05) is 0 Å². The molecule has 0 aromatic carbocycles. The summed E-state index contributed by atoms with van der Waals surface area (Å²) in [5.41, 5.74) is 5.60. The monoisotopic (exact) mass is 225 g/mol. The van der Waals surface area contributed by atoms with Crippen molar-refractivity contribution in [3.8, 4) is 0 Å². The Labute approximate surface area is 93.2 Å². The Kier molecular flexibility index (Phi) is 4.45. The van der Waals surface area contributed by atoms with Crippen LogP contribution in [0.4, 0.5) is 0 Å². The van der Waals surface area contributed by atoms with Crippen molar-refractivity contribution >= 4 is 17.2 Å². The summed E-state index contributed by atoms with van der Waals surface area (Å²) in [5, 5.41) is 3.75. The van der Waals surface area contributed by atoms with Gasteiger partial charge < -0.3 is 11.1 Å². The lowest BCUT2D eigenvalue weighted by Crippen LogP contribution is -2.39. The van der Waals surface area contributed by atoms with Gasteiger partial charge in [0, 0.05) is 11.1 Å². The zero-order valence-electron chi connectivity index (χ0n) is 8.69. The van der Waals surface area contributed by atoms with Crippen molar-refractivity contribution < 1.29 is 4.79 Å². The summed E-state index contributed by atoms with van der Waals surface area (Å²) in [7, 11) is 0. The van der Waals surface area contributed by atoms with E-state index >= 15 is 0 Å². The average Bonchev–Trinajstić information content (AvgIpc) is 2.61. The Morgan fingerprint density at radius 3 is 3.13 bits per heavy atom. The minimum absolute atomic E-state index is 0.152. The van der Waals surface area contributed by atoms with Crippen LogP contribution in [0.1, 0.15) is 16.3 Å². The first kappa shape index (κ1) is 11.9. The Hall–Kier alpha value is -1.20. The minimum Gasteiger partial charge on any atom is -0.350 e. The zero-order chi connectivity index (χ0) is 11.3. The molecule has 1 unspecified atom stereocenters. The lowest BCUT2D eigenvalue weighted by molar-refractivity contribution is -0.122. The van der Waals surface area contributed by atoms with Crippen LogP contribution in [0.5, 0.6) is 0 Å². The van der Waals surface area contributed by atoms with E-state index in [-0.39, 0.29) is 5.91 Å². The van der Waals surface area contributed by atoms with E-state index in [1.165, 1.54) is 0 Å². The zero-order valence-corrected chi connectivity index (χ0v) is 9.51. The molecule has 0 aliphatic carbocycles. The molecule has 1 amide bonds. The highest BCUT2D eigenvalue weighted by Crippen LogP contribution is 2.10. The number of amides is 1. The largest absolute Gasteiger partial charge is 0.350 e. The number of aryl methyl sites for hydroxylation is 1. The van der Waals surface area contributed by atoms with Gasteiger partial charge in [-0.05, 0) is 13.3 Å². The van der Waals surface area contributed by atoms with Gasteiger partial charge in [0.25, 0.3) is 0 Å². The molecule has 1 aromatic heterocycles. The van der Waals surface area contributed by atoms with Crippen molar-refractivity contribution in [2.45, 2.75) is 25.9 Å². The van der Waals surface area contributed by atoms with Crippen LogP contribution < -0.4 is 11.1 Å². The second-order valence-electron chi connectivity index (χ2n) is 3.19. The third kappa shape index (κ3) is 3.81. The molecule has 1 rings (SSSR count). The van der Waals surface area contributed by atoms with Crippen LogP contribution in [0.15, 0.2) is 18.9 Å². The first-order valence-corrected chi connectivity index (χ1v) is 5.50.